The highest BCUT2D eigenvalue weighted by Gasteiger charge is 2.36. The summed E-state index contributed by atoms with van der Waals surface area (Å²) in [5.41, 5.74) is 1.84. The molecule has 5 nitrogen and oxygen atoms in total. The fraction of sp³-hybridized carbons (Fsp3) is 0.462. The Labute approximate surface area is 195 Å². The number of ether oxygens (including phenoxy) is 1. The number of amides is 2. The third-order valence-corrected chi connectivity index (χ3v) is 7.14. The van der Waals surface area contributed by atoms with Gasteiger partial charge in [-0.1, -0.05) is 36.2 Å². The summed E-state index contributed by atoms with van der Waals surface area (Å²) in [6, 6.07) is 15.1. The molecule has 0 bridgehead atoms. The topological polar surface area (TPSA) is 58.6 Å². The van der Waals surface area contributed by atoms with Gasteiger partial charge < -0.3 is 15.0 Å². The molecular weight excluding hydrogens is 424 g/mol. The van der Waals surface area contributed by atoms with Crippen molar-refractivity contribution in [2.24, 2.45) is 5.41 Å². The molecule has 0 radical (unpaired) electrons. The molecule has 32 heavy (non-hydrogen) atoms. The van der Waals surface area contributed by atoms with Crippen LogP contribution in [0.1, 0.15) is 54.9 Å². The smallest absolute Gasteiger partial charge is 0.260 e. The summed E-state index contributed by atoms with van der Waals surface area (Å²) in [5, 5.41) is 3.77. The van der Waals surface area contributed by atoms with Crippen LogP contribution in [0.2, 0.25) is 5.02 Å². The van der Waals surface area contributed by atoms with E-state index >= 15 is 0 Å². The van der Waals surface area contributed by atoms with Gasteiger partial charge in [0, 0.05) is 30.2 Å². The first kappa shape index (κ1) is 22.7. The molecule has 6 heteroatoms. The van der Waals surface area contributed by atoms with Gasteiger partial charge in [0.1, 0.15) is 5.75 Å². The maximum absolute atomic E-state index is 12.9. The standard InChI is InChI=1S/C26H31ClN2O3/c1-19-24(30)28-18-26(13-5-4-7-20-6-2-3-8-23(20)32-19)14-16-29(17-15-26)25(31)21-9-11-22(27)12-10-21/h2-3,6,8-12,19H,4-5,7,13-18H2,1H3,(H,28,30)/t19-/m1/s1. The number of piperidine rings is 1. The second-order valence-electron chi connectivity index (χ2n) is 9.09. The van der Waals surface area contributed by atoms with Crippen LogP contribution in [0.3, 0.4) is 0 Å². The minimum absolute atomic E-state index is 0.0187. The van der Waals surface area contributed by atoms with Crippen LogP contribution >= 0.6 is 11.6 Å². The Balaban J connectivity index is 1.43. The third kappa shape index (κ3) is 5.26. The molecule has 2 amide bonds. The average Bonchev–Trinajstić information content (AvgIpc) is 2.81. The fourth-order valence-corrected chi connectivity index (χ4v) is 4.90. The van der Waals surface area contributed by atoms with E-state index in [0.717, 1.165) is 49.8 Å². The van der Waals surface area contributed by atoms with Gasteiger partial charge in [-0.3, -0.25) is 9.59 Å². The molecule has 0 unspecified atom stereocenters. The number of benzene rings is 2. The van der Waals surface area contributed by atoms with E-state index in [1.165, 1.54) is 0 Å². The molecule has 0 aliphatic carbocycles. The lowest BCUT2D eigenvalue weighted by Crippen LogP contribution is -2.49. The number of carbonyl (C=O) groups excluding carboxylic acids is 2. The van der Waals surface area contributed by atoms with Crippen LogP contribution < -0.4 is 10.1 Å². The first-order chi connectivity index (χ1) is 15.5. The lowest BCUT2D eigenvalue weighted by atomic mass is 9.74. The molecule has 1 fully saturated rings. The number of hydrogen-bond donors (Lipinski definition) is 1. The van der Waals surface area contributed by atoms with Crippen molar-refractivity contribution in [3.8, 4) is 5.75 Å². The Kier molecular flexibility index (Phi) is 7.04. The maximum atomic E-state index is 12.9. The van der Waals surface area contributed by atoms with Crippen LogP contribution in [-0.2, 0) is 11.2 Å². The second kappa shape index (κ2) is 9.95. The first-order valence-corrected chi connectivity index (χ1v) is 11.9. The van der Waals surface area contributed by atoms with Crippen molar-refractivity contribution in [2.45, 2.75) is 51.6 Å². The maximum Gasteiger partial charge on any atom is 0.260 e. The predicted molar refractivity (Wildman–Crippen MR) is 126 cm³/mol. The molecule has 1 spiro atoms. The molecular formula is C26H31ClN2O3. The number of hydrogen-bond acceptors (Lipinski definition) is 3. The van der Waals surface area contributed by atoms with Gasteiger partial charge in [0.15, 0.2) is 6.10 Å². The molecule has 2 aliphatic heterocycles. The summed E-state index contributed by atoms with van der Waals surface area (Å²) >= 11 is 5.96. The third-order valence-electron chi connectivity index (χ3n) is 6.89. The Morgan fingerprint density at radius 3 is 2.53 bits per heavy atom. The summed E-state index contributed by atoms with van der Waals surface area (Å²) in [6.07, 6.45) is 5.40. The highest BCUT2D eigenvalue weighted by atomic mass is 35.5. The van der Waals surface area contributed by atoms with Gasteiger partial charge in [-0.2, -0.15) is 0 Å². The zero-order valence-corrected chi connectivity index (χ0v) is 19.4. The Hall–Kier alpha value is -2.53. The molecule has 1 saturated heterocycles. The van der Waals surface area contributed by atoms with Gasteiger partial charge in [-0.25, -0.2) is 0 Å². The Bertz CT molecular complexity index is 952. The number of fused-ring (bicyclic) bond motifs is 1. The van der Waals surface area contributed by atoms with Crippen LogP contribution in [-0.4, -0.2) is 42.5 Å². The lowest BCUT2D eigenvalue weighted by Gasteiger charge is -2.42. The van der Waals surface area contributed by atoms with Crippen LogP contribution in [0.15, 0.2) is 48.5 Å². The van der Waals surface area contributed by atoms with Crippen molar-refractivity contribution in [1.82, 2.24) is 10.2 Å². The number of nitrogens with zero attached hydrogens (tertiary/aromatic N) is 1. The second-order valence-corrected chi connectivity index (χ2v) is 9.53. The van der Waals surface area contributed by atoms with E-state index in [4.69, 9.17) is 16.3 Å². The number of aryl methyl sites for hydroxylation is 1. The monoisotopic (exact) mass is 454 g/mol. The van der Waals surface area contributed by atoms with Crippen molar-refractivity contribution in [1.29, 1.82) is 0 Å². The molecule has 2 heterocycles. The van der Waals surface area contributed by atoms with E-state index in [1.807, 2.05) is 23.1 Å². The predicted octanol–water partition coefficient (Wildman–Crippen LogP) is 4.87. The molecule has 2 aromatic rings. The minimum atomic E-state index is -0.542. The van der Waals surface area contributed by atoms with E-state index in [2.05, 4.69) is 11.4 Å². The van der Waals surface area contributed by atoms with Crippen LogP contribution in [0.5, 0.6) is 5.75 Å². The lowest BCUT2D eigenvalue weighted by molar-refractivity contribution is -0.128. The van der Waals surface area contributed by atoms with Gasteiger partial charge in [-0.15, -0.1) is 0 Å². The molecule has 170 valence electrons. The molecule has 1 N–H and O–H groups in total. The SMILES string of the molecule is C[C@H]1Oc2ccccc2CCCCC2(CCN(C(=O)c3ccc(Cl)cc3)CC2)CNC1=O. The number of carbonyl (C=O) groups is 2. The van der Waals surface area contributed by atoms with Gasteiger partial charge in [0.2, 0.25) is 0 Å². The molecule has 2 aromatic carbocycles. The number of para-hydroxylation sites is 1. The molecule has 1 atom stereocenters. The number of nitrogens with one attached hydrogen (secondary N) is 1. The van der Waals surface area contributed by atoms with Crippen molar-refractivity contribution in [3.05, 3.63) is 64.7 Å². The quantitative estimate of drug-likeness (QED) is 0.668. The van der Waals surface area contributed by atoms with Gasteiger partial charge >= 0.3 is 0 Å². The normalized spacial score (nSPS) is 21.5. The Morgan fingerprint density at radius 2 is 1.78 bits per heavy atom. The minimum Gasteiger partial charge on any atom is -0.481 e. The van der Waals surface area contributed by atoms with E-state index < -0.39 is 6.10 Å². The van der Waals surface area contributed by atoms with Crippen LogP contribution in [0, 0.1) is 5.41 Å². The highest BCUT2D eigenvalue weighted by molar-refractivity contribution is 6.30. The first-order valence-electron chi connectivity index (χ1n) is 11.5. The summed E-state index contributed by atoms with van der Waals surface area (Å²) in [4.78, 5) is 27.6. The van der Waals surface area contributed by atoms with Gasteiger partial charge in [0.25, 0.3) is 11.8 Å². The largest absolute Gasteiger partial charge is 0.481 e. The summed E-state index contributed by atoms with van der Waals surface area (Å²) < 4.78 is 5.99. The van der Waals surface area contributed by atoms with Crippen molar-refractivity contribution < 1.29 is 14.3 Å². The Morgan fingerprint density at radius 1 is 1.06 bits per heavy atom. The van der Waals surface area contributed by atoms with Crippen molar-refractivity contribution in [2.75, 3.05) is 19.6 Å². The van der Waals surface area contributed by atoms with Crippen LogP contribution in [0.25, 0.3) is 0 Å². The fourth-order valence-electron chi connectivity index (χ4n) is 4.78. The van der Waals surface area contributed by atoms with E-state index in [9.17, 15) is 9.59 Å². The zero-order chi connectivity index (χ0) is 22.6. The average molecular weight is 455 g/mol. The van der Waals surface area contributed by atoms with E-state index in [-0.39, 0.29) is 17.2 Å². The molecule has 0 aromatic heterocycles. The summed E-state index contributed by atoms with van der Waals surface area (Å²) in [5.74, 6) is 0.770. The zero-order valence-electron chi connectivity index (χ0n) is 18.6. The summed E-state index contributed by atoms with van der Waals surface area (Å²) in [7, 11) is 0. The van der Waals surface area contributed by atoms with Crippen LogP contribution in [0.4, 0.5) is 0 Å². The van der Waals surface area contributed by atoms with Crippen molar-refractivity contribution >= 4 is 23.4 Å². The number of rotatable bonds is 1. The highest BCUT2D eigenvalue weighted by Crippen LogP contribution is 2.37. The van der Waals surface area contributed by atoms with E-state index in [1.54, 1.807) is 31.2 Å². The number of halogens is 1. The summed E-state index contributed by atoms with van der Waals surface area (Å²) in [6.45, 7) is 3.83. The number of likely N-dealkylation sites (tertiary alicyclic amines) is 1. The van der Waals surface area contributed by atoms with Gasteiger partial charge in [0.05, 0.1) is 0 Å². The molecule has 4 rings (SSSR count). The molecule has 0 saturated carbocycles. The molecule has 2 aliphatic rings. The van der Waals surface area contributed by atoms with E-state index in [0.29, 0.717) is 30.2 Å². The van der Waals surface area contributed by atoms with Gasteiger partial charge in [-0.05, 0) is 80.3 Å². The van der Waals surface area contributed by atoms with Crippen molar-refractivity contribution in [3.63, 3.8) is 0 Å².